The number of halogens is 2. The molecule has 3 aromatic rings. The zero-order valence-electron chi connectivity index (χ0n) is 17.7. The molecule has 2 N–H and O–H groups in total. The van der Waals surface area contributed by atoms with E-state index in [0.717, 1.165) is 11.3 Å². The number of amides is 2. The number of aromatic nitrogens is 1. The molecule has 1 aromatic heterocycles. The van der Waals surface area contributed by atoms with E-state index < -0.39 is 0 Å². The fourth-order valence-corrected chi connectivity index (χ4v) is 3.70. The number of hydrogen-bond acceptors (Lipinski definition) is 3. The Morgan fingerprint density at radius 2 is 1.81 bits per heavy atom. The van der Waals surface area contributed by atoms with Gasteiger partial charge in [-0.05, 0) is 48.0 Å². The number of benzene rings is 2. The van der Waals surface area contributed by atoms with Gasteiger partial charge in [0.15, 0.2) is 0 Å². The summed E-state index contributed by atoms with van der Waals surface area (Å²) in [6, 6.07) is 14.2. The molecule has 1 heterocycles. The van der Waals surface area contributed by atoms with Crippen molar-refractivity contribution in [2.24, 2.45) is 0 Å². The monoisotopic (exact) mass is 471 g/mol. The van der Waals surface area contributed by atoms with Crippen LogP contribution < -0.4 is 5.32 Å². The summed E-state index contributed by atoms with van der Waals surface area (Å²) >= 11 is 12.5. The van der Waals surface area contributed by atoms with Crippen LogP contribution in [0.25, 0.3) is 11.8 Å². The van der Waals surface area contributed by atoms with Crippen LogP contribution in [0.5, 0.6) is 0 Å². The Bertz CT molecular complexity index is 1150. The van der Waals surface area contributed by atoms with E-state index in [4.69, 9.17) is 23.2 Å². The highest BCUT2D eigenvalue weighted by atomic mass is 35.5. The summed E-state index contributed by atoms with van der Waals surface area (Å²) < 4.78 is 1.84. The summed E-state index contributed by atoms with van der Waals surface area (Å²) in [7, 11) is 3.40. The molecule has 3 rings (SSSR count). The molecule has 0 aliphatic carbocycles. The molecule has 0 bridgehead atoms. The molecule has 0 aliphatic heterocycles. The first-order chi connectivity index (χ1) is 15.3. The van der Waals surface area contributed by atoms with Crippen LogP contribution in [0.15, 0.2) is 60.8 Å². The third-order valence-electron chi connectivity index (χ3n) is 4.85. The van der Waals surface area contributed by atoms with Crippen LogP contribution in [0.1, 0.15) is 27.2 Å². The van der Waals surface area contributed by atoms with Crippen molar-refractivity contribution in [3.63, 3.8) is 0 Å². The molecule has 2 aromatic carbocycles. The highest BCUT2D eigenvalue weighted by Crippen LogP contribution is 2.31. The van der Waals surface area contributed by atoms with Gasteiger partial charge in [-0.2, -0.15) is 0 Å². The third kappa shape index (κ3) is 5.40. The van der Waals surface area contributed by atoms with E-state index in [-0.39, 0.29) is 25.0 Å². The minimum absolute atomic E-state index is 0.0758. The fraction of sp³-hybridized carbons (Fsp3) is 0.167. The van der Waals surface area contributed by atoms with Gasteiger partial charge >= 0.3 is 0 Å². The van der Waals surface area contributed by atoms with E-state index in [1.54, 1.807) is 56.6 Å². The van der Waals surface area contributed by atoms with Crippen LogP contribution in [0.2, 0.25) is 10.0 Å². The van der Waals surface area contributed by atoms with Crippen molar-refractivity contribution in [3.8, 4) is 5.69 Å². The number of hydrogen-bond donors (Lipinski definition) is 2. The molecule has 0 atom stereocenters. The first kappa shape index (κ1) is 23.6. The maximum atomic E-state index is 12.3. The van der Waals surface area contributed by atoms with Gasteiger partial charge in [-0.3, -0.25) is 9.59 Å². The second-order valence-corrected chi connectivity index (χ2v) is 8.04. The van der Waals surface area contributed by atoms with Crippen LogP contribution in [0, 0.1) is 0 Å². The summed E-state index contributed by atoms with van der Waals surface area (Å²) in [5, 5.41) is 13.1. The van der Waals surface area contributed by atoms with E-state index in [0.29, 0.717) is 26.9 Å². The van der Waals surface area contributed by atoms with Gasteiger partial charge in [0, 0.05) is 48.2 Å². The molecule has 166 valence electrons. The molecule has 0 spiro atoms. The smallest absolute Gasteiger partial charge is 0.253 e. The van der Waals surface area contributed by atoms with Crippen molar-refractivity contribution >= 4 is 41.1 Å². The highest BCUT2D eigenvalue weighted by Gasteiger charge is 2.13. The Morgan fingerprint density at radius 3 is 2.47 bits per heavy atom. The van der Waals surface area contributed by atoms with E-state index >= 15 is 0 Å². The van der Waals surface area contributed by atoms with Crippen molar-refractivity contribution in [3.05, 3.63) is 93.2 Å². The van der Waals surface area contributed by atoms with Gasteiger partial charge in [0.25, 0.3) is 5.91 Å². The van der Waals surface area contributed by atoms with Crippen LogP contribution in [-0.2, 0) is 17.9 Å². The minimum Gasteiger partial charge on any atom is -0.392 e. The standard InChI is InChI=1S/C24H23Cl2N3O3/c1-28(2)24(32)17-8-5-16(6-9-17)7-12-22(31)27-14-18-4-3-13-29(18)21-11-10-20(25)19(15-30)23(21)26/h3-13,30H,14-15H2,1-2H3,(H,27,31). The number of nitrogens with one attached hydrogen (secondary N) is 1. The molecule has 32 heavy (non-hydrogen) atoms. The summed E-state index contributed by atoms with van der Waals surface area (Å²) in [5.74, 6) is -0.336. The molecule has 8 heteroatoms. The second-order valence-electron chi connectivity index (χ2n) is 7.26. The Hall–Kier alpha value is -3.06. The molecule has 0 saturated heterocycles. The van der Waals surface area contributed by atoms with Gasteiger partial charge in [-0.25, -0.2) is 0 Å². The Balaban J connectivity index is 1.66. The fourth-order valence-electron chi connectivity index (χ4n) is 3.12. The number of rotatable bonds is 7. The highest BCUT2D eigenvalue weighted by molar-refractivity contribution is 6.37. The molecular formula is C24H23Cl2N3O3. The molecule has 0 radical (unpaired) electrons. The Morgan fingerprint density at radius 1 is 1.09 bits per heavy atom. The minimum atomic E-state index is -0.270. The lowest BCUT2D eigenvalue weighted by atomic mass is 10.1. The summed E-state index contributed by atoms with van der Waals surface area (Å²) in [6.45, 7) is 0.00772. The van der Waals surface area contributed by atoms with E-state index in [2.05, 4.69) is 5.32 Å². The lowest BCUT2D eigenvalue weighted by molar-refractivity contribution is -0.116. The Labute approximate surface area is 196 Å². The average molecular weight is 472 g/mol. The van der Waals surface area contributed by atoms with Crippen molar-refractivity contribution in [2.75, 3.05) is 14.1 Å². The van der Waals surface area contributed by atoms with Crippen LogP contribution in [-0.4, -0.2) is 40.5 Å². The van der Waals surface area contributed by atoms with Gasteiger partial charge in [0.05, 0.1) is 23.9 Å². The van der Waals surface area contributed by atoms with E-state index in [1.807, 2.05) is 22.9 Å². The predicted molar refractivity (Wildman–Crippen MR) is 127 cm³/mol. The SMILES string of the molecule is CN(C)C(=O)c1ccc(C=CC(=O)NCc2cccn2-c2ccc(Cl)c(CO)c2Cl)cc1. The molecule has 0 unspecified atom stereocenters. The maximum absolute atomic E-state index is 12.3. The van der Waals surface area contributed by atoms with Crippen LogP contribution in [0.4, 0.5) is 0 Å². The second kappa shape index (κ2) is 10.5. The number of aliphatic hydroxyl groups is 1. The van der Waals surface area contributed by atoms with E-state index in [9.17, 15) is 14.7 Å². The van der Waals surface area contributed by atoms with Crippen molar-refractivity contribution in [1.29, 1.82) is 0 Å². The van der Waals surface area contributed by atoms with Crippen molar-refractivity contribution in [2.45, 2.75) is 13.2 Å². The predicted octanol–water partition coefficient (Wildman–Crippen LogP) is 4.31. The number of carbonyl (C=O) groups excluding carboxylic acids is 2. The average Bonchev–Trinajstić information content (AvgIpc) is 3.24. The normalized spacial score (nSPS) is 11.0. The number of aliphatic hydroxyl groups excluding tert-OH is 1. The van der Waals surface area contributed by atoms with Crippen molar-refractivity contribution in [1.82, 2.24) is 14.8 Å². The lowest BCUT2D eigenvalue weighted by Crippen LogP contribution is -2.22. The van der Waals surface area contributed by atoms with Crippen molar-refractivity contribution < 1.29 is 14.7 Å². The quantitative estimate of drug-likeness (QED) is 0.504. The van der Waals surface area contributed by atoms with Gasteiger partial charge in [0.1, 0.15) is 0 Å². The first-order valence-corrected chi connectivity index (χ1v) is 10.6. The number of carbonyl (C=O) groups is 2. The zero-order valence-corrected chi connectivity index (χ0v) is 19.2. The Kier molecular flexibility index (Phi) is 7.75. The lowest BCUT2D eigenvalue weighted by Gasteiger charge is -2.14. The van der Waals surface area contributed by atoms with Gasteiger partial charge in [-0.15, -0.1) is 0 Å². The molecule has 0 saturated carbocycles. The van der Waals surface area contributed by atoms with Gasteiger partial charge < -0.3 is 19.9 Å². The van der Waals surface area contributed by atoms with Gasteiger partial charge in [0.2, 0.25) is 5.91 Å². The largest absolute Gasteiger partial charge is 0.392 e. The third-order valence-corrected chi connectivity index (χ3v) is 5.63. The molecular weight excluding hydrogens is 449 g/mol. The first-order valence-electron chi connectivity index (χ1n) is 9.83. The molecule has 6 nitrogen and oxygen atoms in total. The summed E-state index contributed by atoms with van der Waals surface area (Å²) in [6.07, 6.45) is 4.95. The number of nitrogens with zero attached hydrogens (tertiary/aromatic N) is 2. The molecule has 0 aliphatic rings. The van der Waals surface area contributed by atoms with Crippen LogP contribution in [0.3, 0.4) is 0 Å². The topological polar surface area (TPSA) is 74.6 Å². The van der Waals surface area contributed by atoms with E-state index in [1.165, 1.54) is 11.0 Å². The van der Waals surface area contributed by atoms with Crippen LogP contribution >= 0.6 is 23.2 Å². The maximum Gasteiger partial charge on any atom is 0.253 e. The molecule has 2 amide bonds. The summed E-state index contributed by atoms with van der Waals surface area (Å²) in [5.41, 5.74) is 3.32. The van der Waals surface area contributed by atoms with Gasteiger partial charge in [-0.1, -0.05) is 35.3 Å². The zero-order chi connectivity index (χ0) is 23.3. The molecule has 0 fully saturated rings. The summed E-state index contributed by atoms with van der Waals surface area (Å²) in [4.78, 5) is 25.7.